The highest BCUT2D eigenvalue weighted by Crippen LogP contribution is 2.42. The van der Waals surface area contributed by atoms with E-state index in [4.69, 9.17) is 10.5 Å². The van der Waals surface area contributed by atoms with Crippen molar-refractivity contribution in [2.24, 2.45) is 11.7 Å². The number of halogens is 5. The van der Waals surface area contributed by atoms with Gasteiger partial charge in [-0.3, -0.25) is 0 Å². The molecule has 4 rings (SSSR count). The number of ether oxygens (including phenoxy) is 1. The van der Waals surface area contributed by atoms with Gasteiger partial charge in [0, 0.05) is 25.1 Å². The van der Waals surface area contributed by atoms with Crippen molar-refractivity contribution in [3.8, 4) is 11.5 Å². The summed E-state index contributed by atoms with van der Waals surface area (Å²) in [4.78, 5) is 2.33. The van der Waals surface area contributed by atoms with E-state index in [-0.39, 0.29) is 48.5 Å². The quantitative estimate of drug-likeness (QED) is 0.489. The van der Waals surface area contributed by atoms with Crippen LogP contribution in [0, 0.1) is 5.92 Å². The third-order valence-corrected chi connectivity index (χ3v) is 6.76. The third-order valence-electron chi connectivity index (χ3n) is 6.76. The summed E-state index contributed by atoms with van der Waals surface area (Å²) < 4.78 is 44.4. The van der Waals surface area contributed by atoms with E-state index in [0.717, 1.165) is 61.3 Å². The summed E-state index contributed by atoms with van der Waals surface area (Å²) in [6, 6.07) is 8.62. The Labute approximate surface area is 209 Å². The number of nitrogens with zero attached hydrogens (tertiary/aromatic N) is 1. The number of phenols is 2. The van der Waals surface area contributed by atoms with Gasteiger partial charge in [-0.1, -0.05) is 18.2 Å². The van der Waals surface area contributed by atoms with E-state index in [9.17, 15) is 23.4 Å². The molecule has 10 heteroatoms. The molecule has 1 fully saturated rings. The van der Waals surface area contributed by atoms with Gasteiger partial charge in [-0.15, -0.1) is 24.8 Å². The molecule has 0 bridgehead atoms. The molecule has 0 saturated carbocycles. The maximum Gasteiger partial charge on any atom is 0.416 e. The number of hydrogen-bond acceptors (Lipinski definition) is 5. The largest absolute Gasteiger partial charge is 0.504 e. The molecule has 34 heavy (non-hydrogen) atoms. The van der Waals surface area contributed by atoms with Crippen molar-refractivity contribution in [1.29, 1.82) is 0 Å². The summed E-state index contributed by atoms with van der Waals surface area (Å²) >= 11 is 0. The highest BCUT2D eigenvalue weighted by atomic mass is 35.5. The Balaban J connectivity index is 0.00000204. The Morgan fingerprint density at radius 2 is 1.65 bits per heavy atom. The molecule has 1 saturated heterocycles. The van der Waals surface area contributed by atoms with Crippen molar-refractivity contribution in [3.05, 3.63) is 58.7 Å². The van der Waals surface area contributed by atoms with Crippen molar-refractivity contribution >= 4 is 24.8 Å². The van der Waals surface area contributed by atoms with Gasteiger partial charge < -0.3 is 25.6 Å². The molecule has 0 aromatic heterocycles. The second kappa shape index (κ2) is 11.8. The molecule has 0 unspecified atom stereocenters. The molecular weight excluding hydrogens is 492 g/mol. The first-order valence-electron chi connectivity index (χ1n) is 11.0. The number of likely N-dealkylation sites (tertiary alicyclic amines) is 1. The zero-order chi connectivity index (χ0) is 22.9. The maximum absolute atomic E-state index is 12.7. The molecular formula is C24H31Cl2F3N2O3. The highest BCUT2D eigenvalue weighted by Gasteiger charge is 2.35. The molecule has 2 aromatic carbocycles. The Morgan fingerprint density at radius 3 is 2.24 bits per heavy atom. The van der Waals surface area contributed by atoms with Crippen LogP contribution < -0.4 is 5.73 Å². The fraction of sp³-hybridized carbons (Fsp3) is 0.500. The number of hydrogen-bond donors (Lipinski definition) is 3. The van der Waals surface area contributed by atoms with E-state index in [1.807, 2.05) is 0 Å². The molecule has 2 atom stereocenters. The normalized spacial score (nSPS) is 21.3. The highest BCUT2D eigenvalue weighted by molar-refractivity contribution is 5.85. The summed E-state index contributed by atoms with van der Waals surface area (Å²) in [5.41, 5.74) is 7.75. The number of nitrogens with two attached hydrogens (primary N) is 1. The molecule has 190 valence electrons. The smallest absolute Gasteiger partial charge is 0.416 e. The molecule has 0 radical (unpaired) electrons. The van der Waals surface area contributed by atoms with Crippen molar-refractivity contribution in [3.63, 3.8) is 0 Å². The predicted molar refractivity (Wildman–Crippen MR) is 129 cm³/mol. The van der Waals surface area contributed by atoms with E-state index in [0.29, 0.717) is 25.3 Å². The molecule has 0 aliphatic carbocycles. The fourth-order valence-corrected chi connectivity index (χ4v) is 4.85. The zero-order valence-electron chi connectivity index (χ0n) is 18.6. The standard InChI is InChI=1S/C24H29F3N2O3.2ClH/c25-24(26,27)17-3-1-15(2-4-17)7-10-29-11-8-16(9-12-29)21-13-19-18(22(14-28)32-21)5-6-20(30)23(19)31;;/h1-6,16,21-22,30-31H,7-14,28H2;2*1H/t21-,22-;;/m0../s1. The first kappa shape index (κ1) is 28.5. The molecule has 2 heterocycles. The fourth-order valence-electron chi connectivity index (χ4n) is 4.85. The minimum atomic E-state index is -4.30. The van der Waals surface area contributed by atoms with Gasteiger partial charge in [0.05, 0.1) is 17.8 Å². The molecule has 4 N–H and O–H groups in total. The van der Waals surface area contributed by atoms with Crippen LogP contribution in [0.25, 0.3) is 0 Å². The van der Waals surface area contributed by atoms with Crippen molar-refractivity contribution in [1.82, 2.24) is 4.90 Å². The van der Waals surface area contributed by atoms with Gasteiger partial charge in [0.1, 0.15) is 0 Å². The number of fused-ring (bicyclic) bond motifs is 1. The minimum Gasteiger partial charge on any atom is -0.504 e. The lowest BCUT2D eigenvalue weighted by Crippen LogP contribution is -2.42. The molecule has 2 aliphatic heterocycles. The Kier molecular flexibility index (Phi) is 9.91. The van der Waals surface area contributed by atoms with E-state index in [2.05, 4.69) is 4.90 Å². The van der Waals surface area contributed by atoms with Crippen LogP contribution in [0.15, 0.2) is 36.4 Å². The number of piperidine rings is 1. The van der Waals surface area contributed by atoms with E-state index in [1.165, 1.54) is 6.07 Å². The lowest BCUT2D eigenvalue weighted by atomic mass is 9.83. The van der Waals surface area contributed by atoms with Gasteiger partial charge in [0.15, 0.2) is 11.5 Å². The molecule has 2 aromatic rings. The van der Waals surface area contributed by atoms with Gasteiger partial charge in [0.25, 0.3) is 0 Å². The van der Waals surface area contributed by atoms with Crippen LogP contribution in [-0.2, 0) is 23.8 Å². The summed E-state index contributed by atoms with van der Waals surface area (Å²) in [7, 11) is 0. The maximum atomic E-state index is 12.7. The summed E-state index contributed by atoms with van der Waals surface area (Å²) in [5.74, 6) is 0.114. The van der Waals surface area contributed by atoms with Crippen LogP contribution >= 0.6 is 24.8 Å². The lowest BCUT2D eigenvalue weighted by Gasteiger charge is -2.40. The number of alkyl halides is 3. The first-order valence-corrected chi connectivity index (χ1v) is 11.0. The number of phenolic OH excluding ortho intramolecular Hbond substituents is 2. The Hall–Kier alpha value is -1.71. The second-order valence-corrected chi connectivity index (χ2v) is 8.73. The summed E-state index contributed by atoms with van der Waals surface area (Å²) in [6.07, 6.45) is -1.55. The molecule has 0 spiro atoms. The van der Waals surface area contributed by atoms with Gasteiger partial charge in [-0.25, -0.2) is 0 Å². The lowest BCUT2D eigenvalue weighted by molar-refractivity contribution is -0.137. The van der Waals surface area contributed by atoms with Gasteiger partial charge in [-0.2, -0.15) is 13.2 Å². The van der Waals surface area contributed by atoms with E-state index in [1.54, 1.807) is 18.2 Å². The number of benzene rings is 2. The zero-order valence-corrected chi connectivity index (χ0v) is 20.3. The Bertz CT molecular complexity index is 936. The second-order valence-electron chi connectivity index (χ2n) is 8.73. The first-order chi connectivity index (χ1) is 15.3. The van der Waals surface area contributed by atoms with Crippen LogP contribution in [0.1, 0.15) is 41.2 Å². The van der Waals surface area contributed by atoms with Crippen molar-refractivity contribution < 1.29 is 28.1 Å². The Morgan fingerprint density at radius 1 is 1.00 bits per heavy atom. The van der Waals surface area contributed by atoms with Gasteiger partial charge >= 0.3 is 6.18 Å². The average Bonchev–Trinajstić information content (AvgIpc) is 2.79. The monoisotopic (exact) mass is 522 g/mol. The number of rotatable bonds is 5. The van der Waals surface area contributed by atoms with Crippen LogP contribution in [0.4, 0.5) is 13.2 Å². The molecule has 5 nitrogen and oxygen atoms in total. The van der Waals surface area contributed by atoms with Gasteiger partial charge in [-0.05, 0) is 67.6 Å². The van der Waals surface area contributed by atoms with E-state index < -0.39 is 11.7 Å². The van der Waals surface area contributed by atoms with E-state index >= 15 is 0 Å². The summed E-state index contributed by atoms with van der Waals surface area (Å²) in [6.45, 7) is 2.88. The molecule has 0 amide bonds. The van der Waals surface area contributed by atoms with Crippen molar-refractivity contribution in [2.45, 2.75) is 44.1 Å². The number of aromatic hydroxyl groups is 2. The topological polar surface area (TPSA) is 79.0 Å². The van der Waals surface area contributed by atoms with Crippen LogP contribution in [0.2, 0.25) is 0 Å². The van der Waals surface area contributed by atoms with Gasteiger partial charge in [0.2, 0.25) is 0 Å². The third kappa shape index (κ3) is 6.29. The van der Waals surface area contributed by atoms with Crippen LogP contribution in [0.3, 0.4) is 0 Å². The molecule has 2 aliphatic rings. The van der Waals surface area contributed by atoms with Crippen molar-refractivity contribution in [2.75, 3.05) is 26.2 Å². The average molecular weight is 523 g/mol. The van der Waals surface area contributed by atoms with Crippen LogP contribution in [-0.4, -0.2) is 47.4 Å². The predicted octanol–water partition coefficient (Wildman–Crippen LogP) is 4.86. The summed E-state index contributed by atoms with van der Waals surface area (Å²) in [5, 5.41) is 20.2. The van der Waals surface area contributed by atoms with Crippen LogP contribution in [0.5, 0.6) is 11.5 Å². The SMILES string of the molecule is Cl.Cl.NC[C@@H]1O[C@H](C2CCN(CCc3ccc(C(F)(F)F)cc3)CC2)Cc2c1ccc(O)c2O. The minimum absolute atomic E-state index is 0.